The summed E-state index contributed by atoms with van der Waals surface area (Å²) in [6.07, 6.45) is 2.50. The van der Waals surface area contributed by atoms with Crippen LogP contribution in [0.1, 0.15) is 15.9 Å². The monoisotopic (exact) mass is 351 g/mol. The van der Waals surface area contributed by atoms with Crippen molar-refractivity contribution in [2.45, 2.75) is 12.5 Å². The van der Waals surface area contributed by atoms with Gasteiger partial charge in [0.25, 0.3) is 5.91 Å². The van der Waals surface area contributed by atoms with Gasteiger partial charge in [-0.2, -0.15) is 5.10 Å². The fourth-order valence-corrected chi connectivity index (χ4v) is 3.46. The number of fused-ring (bicyclic) bond motifs is 1. The van der Waals surface area contributed by atoms with Gasteiger partial charge in [0.2, 0.25) is 0 Å². The third-order valence-electron chi connectivity index (χ3n) is 5.04. The number of H-pyrrole nitrogens is 1. The first-order chi connectivity index (χ1) is 12.6. The minimum Gasteiger partial charge on any atom is -0.336 e. The standard InChI is InChI=1S/C19H21N5O2/c1-22-9-10-23(13-16(22)11-14-5-3-2-4-6-14)18(25)15-7-8-24-17(12-15)20-21-19(24)26/h2-8,12,16H,9-11,13H2,1H3,(H,21,26). The number of aromatic amines is 1. The first-order valence-corrected chi connectivity index (χ1v) is 8.72. The average molecular weight is 351 g/mol. The zero-order valence-electron chi connectivity index (χ0n) is 14.6. The van der Waals surface area contributed by atoms with Gasteiger partial charge in [-0.25, -0.2) is 9.89 Å². The highest BCUT2D eigenvalue weighted by molar-refractivity contribution is 5.95. The minimum absolute atomic E-state index is 0.0193. The molecule has 1 aliphatic heterocycles. The summed E-state index contributed by atoms with van der Waals surface area (Å²) in [4.78, 5) is 28.7. The third-order valence-corrected chi connectivity index (χ3v) is 5.04. The lowest BCUT2D eigenvalue weighted by Crippen LogP contribution is -2.54. The molecule has 7 nitrogen and oxygen atoms in total. The van der Waals surface area contributed by atoms with Gasteiger partial charge in [0.15, 0.2) is 5.65 Å². The number of nitrogens with zero attached hydrogens (tertiary/aromatic N) is 4. The smallest absolute Gasteiger partial charge is 0.336 e. The Morgan fingerprint density at radius 3 is 2.85 bits per heavy atom. The Hall–Kier alpha value is -2.93. The van der Waals surface area contributed by atoms with E-state index in [0.29, 0.717) is 24.3 Å². The van der Waals surface area contributed by atoms with E-state index in [2.05, 4.69) is 34.3 Å². The maximum Gasteiger partial charge on any atom is 0.347 e. The summed E-state index contributed by atoms with van der Waals surface area (Å²) in [5.41, 5.74) is 1.98. The summed E-state index contributed by atoms with van der Waals surface area (Å²) in [7, 11) is 2.11. The topological polar surface area (TPSA) is 73.7 Å². The molecule has 2 aromatic heterocycles. The molecule has 0 spiro atoms. The Kier molecular flexibility index (Phi) is 4.30. The molecule has 134 valence electrons. The summed E-state index contributed by atoms with van der Waals surface area (Å²) in [6.45, 7) is 2.22. The highest BCUT2D eigenvalue weighted by Crippen LogP contribution is 2.16. The van der Waals surface area contributed by atoms with E-state index in [4.69, 9.17) is 0 Å². The van der Waals surface area contributed by atoms with Crippen LogP contribution in [-0.2, 0) is 6.42 Å². The van der Waals surface area contributed by atoms with Crippen LogP contribution in [0.25, 0.3) is 5.65 Å². The van der Waals surface area contributed by atoms with E-state index in [1.54, 1.807) is 18.3 Å². The first kappa shape index (κ1) is 16.5. The molecule has 0 aliphatic carbocycles. The Balaban J connectivity index is 1.52. The lowest BCUT2D eigenvalue weighted by Gasteiger charge is -2.39. The molecule has 3 heterocycles. The van der Waals surface area contributed by atoms with Crippen LogP contribution in [0.4, 0.5) is 0 Å². The number of hydrogen-bond acceptors (Lipinski definition) is 4. The van der Waals surface area contributed by atoms with Crippen LogP contribution in [0.5, 0.6) is 0 Å². The Labute approximate surface area is 150 Å². The van der Waals surface area contributed by atoms with Gasteiger partial charge in [0, 0.05) is 37.4 Å². The van der Waals surface area contributed by atoms with Gasteiger partial charge < -0.3 is 4.90 Å². The normalized spacial score (nSPS) is 18.3. The van der Waals surface area contributed by atoms with Crippen LogP contribution < -0.4 is 5.69 Å². The van der Waals surface area contributed by atoms with Gasteiger partial charge in [0.1, 0.15) is 0 Å². The molecule has 4 rings (SSSR count). The predicted molar refractivity (Wildman–Crippen MR) is 98.3 cm³/mol. The number of pyridine rings is 1. The second kappa shape index (κ2) is 6.76. The summed E-state index contributed by atoms with van der Waals surface area (Å²) in [5.74, 6) is -0.0193. The number of nitrogens with one attached hydrogen (secondary N) is 1. The molecule has 1 unspecified atom stereocenters. The number of amides is 1. The second-order valence-corrected chi connectivity index (χ2v) is 6.75. The van der Waals surface area contributed by atoms with E-state index in [0.717, 1.165) is 13.0 Å². The van der Waals surface area contributed by atoms with Crippen molar-refractivity contribution >= 4 is 11.6 Å². The zero-order valence-corrected chi connectivity index (χ0v) is 14.6. The molecule has 1 amide bonds. The molecule has 7 heteroatoms. The van der Waals surface area contributed by atoms with Gasteiger partial charge >= 0.3 is 5.69 Å². The number of carbonyl (C=O) groups excluding carboxylic acids is 1. The van der Waals surface area contributed by atoms with E-state index < -0.39 is 0 Å². The van der Waals surface area contributed by atoms with Gasteiger partial charge in [-0.1, -0.05) is 30.3 Å². The highest BCUT2D eigenvalue weighted by Gasteiger charge is 2.28. The van der Waals surface area contributed by atoms with Crippen LogP contribution in [-0.4, -0.2) is 63.0 Å². The molecular formula is C19H21N5O2. The molecule has 1 saturated heterocycles. The summed E-state index contributed by atoms with van der Waals surface area (Å²) in [5, 5.41) is 6.32. The number of aromatic nitrogens is 3. The van der Waals surface area contributed by atoms with Crippen molar-refractivity contribution in [1.29, 1.82) is 0 Å². The predicted octanol–water partition coefficient (Wildman–Crippen LogP) is 1.02. The van der Waals surface area contributed by atoms with Gasteiger partial charge in [-0.15, -0.1) is 0 Å². The fourth-order valence-electron chi connectivity index (χ4n) is 3.46. The Morgan fingerprint density at radius 2 is 2.04 bits per heavy atom. The number of likely N-dealkylation sites (N-methyl/N-ethyl adjacent to an activating group) is 1. The van der Waals surface area contributed by atoms with Crippen molar-refractivity contribution in [3.8, 4) is 0 Å². The quantitative estimate of drug-likeness (QED) is 0.765. The van der Waals surface area contributed by atoms with Crippen LogP contribution in [0.15, 0.2) is 53.5 Å². The van der Waals surface area contributed by atoms with E-state index in [1.807, 2.05) is 23.1 Å². The average Bonchev–Trinajstić information content (AvgIpc) is 3.04. The fraction of sp³-hybridized carbons (Fsp3) is 0.316. The van der Waals surface area contributed by atoms with E-state index >= 15 is 0 Å². The van der Waals surface area contributed by atoms with Crippen molar-refractivity contribution in [2.24, 2.45) is 0 Å². The number of carbonyl (C=O) groups is 1. The Bertz CT molecular complexity index is 978. The van der Waals surface area contributed by atoms with Crippen LogP contribution in [0, 0.1) is 0 Å². The van der Waals surface area contributed by atoms with Crippen molar-refractivity contribution in [2.75, 3.05) is 26.7 Å². The number of benzene rings is 1. The van der Waals surface area contributed by atoms with E-state index in [1.165, 1.54) is 9.96 Å². The van der Waals surface area contributed by atoms with Crippen molar-refractivity contribution in [3.63, 3.8) is 0 Å². The molecule has 1 fully saturated rings. The SMILES string of the molecule is CN1CCN(C(=O)c2ccn3c(=O)[nH]nc3c2)CC1Cc1ccccc1. The molecule has 26 heavy (non-hydrogen) atoms. The van der Waals surface area contributed by atoms with Gasteiger partial charge in [-0.05, 0) is 31.2 Å². The molecule has 0 bridgehead atoms. The summed E-state index contributed by atoms with van der Waals surface area (Å²) in [6, 6.07) is 14.0. The zero-order chi connectivity index (χ0) is 18.1. The molecule has 1 atom stereocenters. The molecule has 0 saturated carbocycles. The maximum absolute atomic E-state index is 12.9. The molecular weight excluding hydrogens is 330 g/mol. The Morgan fingerprint density at radius 1 is 1.23 bits per heavy atom. The molecule has 0 radical (unpaired) electrons. The number of hydrogen-bond donors (Lipinski definition) is 1. The summed E-state index contributed by atoms with van der Waals surface area (Å²) >= 11 is 0. The number of rotatable bonds is 3. The minimum atomic E-state index is -0.304. The molecule has 1 aromatic carbocycles. The lowest BCUT2D eigenvalue weighted by atomic mass is 10.0. The van der Waals surface area contributed by atoms with Crippen molar-refractivity contribution < 1.29 is 4.79 Å². The first-order valence-electron chi connectivity index (χ1n) is 8.72. The van der Waals surface area contributed by atoms with Crippen LogP contribution in [0.3, 0.4) is 0 Å². The van der Waals surface area contributed by atoms with E-state index in [9.17, 15) is 9.59 Å². The van der Waals surface area contributed by atoms with Gasteiger partial charge in [-0.3, -0.25) is 14.1 Å². The van der Waals surface area contributed by atoms with Gasteiger partial charge in [0.05, 0.1) is 0 Å². The van der Waals surface area contributed by atoms with Crippen molar-refractivity contribution in [3.05, 3.63) is 70.3 Å². The van der Waals surface area contributed by atoms with Crippen LogP contribution >= 0.6 is 0 Å². The second-order valence-electron chi connectivity index (χ2n) is 6.75. The molecule has 3 aromatic rings. The lowest BCUT2D eigenvalue weighted by molar-refractivity contribution is 0.0547. The highest BCUT2D eigenvalue weighted by atomic mass is 16.2. The van der Waals surface area contributed by atoms with Crippen LogP contribution in [0.2, 0.25) is 0 Å². The molecule has 1 aliphatic rings. The summed E-state index contributed by atoms with van der Waals surface area (Å²) < 4.78 is 1.39. The maximum atomic E-state index is 12.9. The number of piperazine rings is 1. The molecule has 1 N–H and O–H groups in total. The van der Waals surface area contributed by atoms with Crippen molar-refractivity contribution in [1.82, 2.24) is 24.4 Å². The largest absolute Gasteiger partial charge is 0.347 e. The third kappa shape index (κ3) is 3.13. The van der Waals surface area contributed by atoms with E-state index in [-0.39, 0.29) is 17.6 Å².